The van der Waals surface area contributed by atoms with Crippen LogP contribution in [-0.2, 0) is 11.3 Å². The van der Waals surface area contributed by atoms with Crippen molar-refractivity contribution in [2.24, 2.45) is 0 Å². The fourth-order valence-electron chi connectivity index (χ4n) is 2.21. The Bertz CT molecular complexity index is 768. The number of methoxy groups -OCH3 is 1. The molecule has 5 heteroatoms. The van der Waals surface area contributed by atoms with E-state index in [9.17, 15) is 4.79 Å². The Balaban J connectivity index is 2.26. The molecule has 0 saturated heterocycles. The third kappa shape index (κ3) is 5.26. The van der Waals surface area contributed by atoms with Gasteiger partial charge >= 0.3 is 5.97 Å². The van der Waals surface area contributed by atoms with E-state index in [1.54, 1.807) is 24.3 Å². The smallest absolute Gasteiger partial charge is 0.338 e. The quantitative estimate of drug-likeness (QED) is 0.490. The lowest BCUT2D eigenvalue weighted by atomic mass is 10.2. The molecule has 4 nitrogen and oxygen atoms in total. The topological polar surface area (TPSA) is 44.8 Å². The summed E-state index contributed by atoms with van der Waals surface area (Å²) in [5, 5.41) is 0.630. The second-order valence-corrected chi connectivity index (χ2v) is 5.68. The number of halogens is 1. The number of ether oxygens (including phenoxy) is 3. The van der Waals surface area contributed by atoms with Crippen molar-refractivity contribution in [1.29, 1.82) is 0 Å². The molecule has 0 radical (unpaired) electrons. The van der Waals surface area contributed by atoms with Gasteiger partial charge in [0, 0.05) is 23.1 Å². The van der Waals surface area contributed by atoms with Gasteiger partial charge in [0.1, 0.15) is 18.1 Å². The van der Waals surface area contributed by atoms with Gasteiger partial charge < -0.3 is 14.2 Å². The van der Waals surface area contributed by atoms with Crippen LogP contribution in [0.1, 0.15) is 36.2 Å². The molecule has 0 unspecified atom stereocenters. The summed E-state index contributed by atoms with van der Waals surface area (Å²) in [7, 11) is 1.34. The molecule has 0 fully saturated rings. The first-order valence-electron chi connectivity index (χ1n) is 8.00. The maximum absolute atomic E-state index is 11.9. The van der Waals surface area contributed by atoms with Gasteiger partial charge in [-0.15, -0.1) is 0 Å². The fraction of sp³-hybridized carbons (Fsp3) is 0.250. The van der Waals surface area contributed by atoms with Crippen molar-refractivity contribution >= 4 is 17.6 Å². The summed E-state index contributed by atoms with van der Waals surface area (Å²) < 4.78 is 16.4. The van der Waals surface area contributed by atoms with Crippen LogP contribution >= 0.6 is 11.6 Å². The van der Waals surface area contributed by atoms with Crippen molar-refractivity contribution in [2.45, 2.75) is 26.9 Å². The first-order valence-corrected chi connectivity index (χ1v) is 8.37. The van der Waals surface area contributed by atoms with Crippen LogP contribution in [0.5, 0.6) is 11.5 Å². The highest BCUT2D eigenvalue weighted by molar-refractivity contribution is 6.31. The minimum Gasteiger partial charge on any atom is -0.489 e. The highest BCUT2D eigenvalue weighted by atomic mass is 35.5. The molecule has 0 bridgehead atoms. The summed E-state index contributed by atoms with van der Waals surface area (Å²) in [6, 6.07) is 12.4. The molecule has 25 heavy (non-hydrogen) atoms. The van der Waals surface area contributed by atoms with Crippen molar-refractivity contribution in [3.8, 4) is 11.5 Å². The Labute approximate surface area is 153 Å². The van der Waals surface area contributed by atoms with Gasteiger partial charge in [-0.1, -0.05) is 36.7 Å². The number of esters is 1. The monoisotopic (exact) mass is 360 g/mol. The molecule has 0 amide bonds. The third-order valence-corrected chi connectivity index (χ3v) is 3.94. The Morgan fingerprint density at radius 2 is 1.88 bits per heavy atom. The van der Waals surface area contributed by atoms with Crippen LogP contribution < -0.4 is 9.47 Å². The first-order chi connectivity index (χ1) is 12.1. The van der Waals surface area contributed by atoms with Crippen LogP contribution in [-0.4, -0.2) is 13.1 Å². The average molecular weight is 361 g/mol. The molecule has 0 spiro atoms. The van der Waals surface area contributed by atoms with Gasteiger partial charge in [-0.05, 0) is 31.2 Å². The first kappa shape index (κ1) is 18.9. The van der Waals surface area contributed by atoms with Crippen molar-refractivity contribution in [2.75, 3.05) is 7.11 Å². The van der Waals surface area contributed by atoms with Crippen LogP contribution in [0.4, 0.5) is 0 Å². The highest BCUT2D eigenvalue weighted by Gasteiger charge is 2.12. The molecule has 0 heterocycles. The molecule has 2 rings (SSSR count). The van der Waals surface area contributed by atoms with Crippen molar-refractivity contribution in [1.82, 2.24) is 0 Å². The zero-order valence-corrected chi connectivity index (χ0v) is 15.3. The molecule has 132 valence electrons. The van der Waals surface area contributed by atoms with Gasteiger partial charge in [0.2, 0.25) is 0 Å². The van der Waals surface area contributed by atoms with E-state index in [1.165, 1.54) is 7.11 Å². The zero-order valence-electron chi connectivity index (χ0n) is 14.5. The number of rotatable bonds is 7. The molecule has 0 atom stereocenters. The number of allylic oxidation sites excluding steroid dienone is 2. The second-order valence-electron chi connectivity index (χ2n) is 5.28. The van der Waals surface area contributed by atoms with Crippen molar-refractivity contribution in [3.05, 3.63) is 70.4 Å². The second kappa shape index (κ2) is 9.14. The molecule has 0 aliphatic carbocycles. The summed E-state index contributed by atoms with van der Waals surface area (Å²) in [4.78, 5) is 11.9. The number of carbonyl (C=O) groups excluding carboxylic acids is 1. The lowest BCUT2D eigenvalue weighted by Crippen LogP contribution is -2.04. The Hall–Kier alpha value is -2.46. The van der Waals surface area contributed by atoms with Crippen molar-refractivity contribution in [3.63, 3.8) is 0 Å². The molecule has 0 N–H and O–H groups in total. The summed E-state index contributed by atoms with van der Waals surface area (Å²) >= 11 is 6.15. The van der Waals surface area contributed by atoms with E-state index >= 15 is 0 Å². The number of hydrogen-bond acceptors (Lipinski definition) is 4. The van der Waals surface area contributed by atoms with E-state index in [2.05, 4.69) is 0 Å². The van der Waals surface area contributed by atoms with Gasteiger partial charge in [-0.25, -0.2) is 4.79 Å². The van der Waals surface area contributed by atoms with E-state index in [0.29, 0.717) is 22.1 Å². The van der Waals surface area contributed by atoms with Gasteiger partial charge in [-0.2, -0.15) is 0 Å². The number of benzene rings is 2. The van der Waals surface area contributed by atoms with E-state index in [4.69, 9.17) is 25.8 Å². The van der Waals surface area contributed by atoms with Crippen LogP contribution in [0.15, 0.2) is 54.3 Å². The van der Waals surface area contributed by atoms with Crippen LogP contribution in [0.2, 0.25) is 5.02 Å². The average Bonchev–Trinajstić information content (AvgIpc) is 2.64. The standard InChI is InChI=1S/C20H21ClO4/c1-4-16(5-2)25-18-11-15(20(22)23-3)10-17(12-18)24-13-14-8-6-7-9-19(14)21/h4,6-12H,5,13H2,1-3H3. The maximum Gasteiger partial charge on any atom is 0.338 e. The molecule has 0 aliphatic heterocycles. The molecule has 0 saturated carbocycles. The van der Waals surface area contributed by atoms with Crippen LogP contribution in [0, 0.1) is 0 Å². The molecule has 2 aromatic rings. The van der Waals surface area contributed by atoms with Crippen LogP contribution in [0.3, 0.4) is 0 Å². The zero-order chi connectivity index (χ0) is 18.2. The molecular weight excluding hydrogens is 340 g/mol. The van der Waals surface area contributed by atoms with Gasteiger partial charge in [-0.3, -0.25) is 0 Å². The summed E-state index contributed by atoms with van der Waals surface area (Å²) in [6.07, 6.45) is 2.63. The SMILES string of the molecule is CC=C(CC)Oc1cc(OCc2ccccc2Cl)cc(C(=O)OC)c1. The lowest BCUT2D eigenvalue weighted by Gasteiger charge is -2.13. The van der Waals surface area contributed by atoms with Gasteiger partial charge in [0.15, 0.2) is 0 Å². The fourth-order valence-corrected chi connectivity index (χ4v) is 2.40. The third-order valence-electron chi connectivity index (χ3n) is 3.57. The Morgan fingerprint density at radius 1 is 1.16 bits per heavy atom. The maximum atomic E-state index is 11.9. The van der Waals surface area contributed by atoms with E-state index in [0.717, 1.165) is 17.7 Å². The summed E-state index contributed by atoms with van der Waals surface area (Å²) in [6.45, 7) is 4.18. The minimum absolute atomic E-state index is 0.286. The molecular formula is C20H21ClO4. The largest absolute Gasteiger partial charge is 0.489 e. The Kier molecular flexibility index (Phi) is 6.90. The predicted molar refractivity (Wildman–Crippen MR) is 98.2 cm³/mol. The summed E-state index contributed by atoms with van der Waals surface area (Å²) in [5.74, 6) is 1.38. The van der Waals surface area contributed by atoms with E-state index in [-0.39, 0.29) is 6.61 Å². The van der Waals surface area contributed by atoms with E-state index in [1.807, 2.05) is 38.1 Å². The van der Waals surface area contributed by atoms with Gasteiger partial charge in [0.25, 0.3) is 0 Å². The van der Waals surface area contributed by atoms with Crippen molar-refractivity contribution < 1.29 is 19.0 Å². The number of carbonyl (C=O) groups is 1. The van der Waals surface area contributed by atoms with Crippen LogP contribution in [0.25, 0.3) is 0 Å². The lowest BCUT2D eigenvalue weighted by molar-refractivity contribution is 0.0599. The Morgan fingerprint density at radius 3 is 2.52 bits per heavy atom. The normalized spacial score (nSPS) is 11.1. The summed E-state index contributed by atoms with van der Waals surface area (Å²) in [5.41, 5.74) is 1.22. The minimum atomic E-state index is -0.452. The van der Waals surface area contributed by atoms with E-state index < -0.39 is 5.97 Å². The van der Waals surface area contributed by atoms with Gasteiger partial charge in [0.05, 0.1) is 18.4 Å². The molecule has 0 aromatic heterocycles. The predicted octanol–water partition coefficient (Wildman–Crippen LogP) is 5.40. The number of hydrogen-bond donors (Lipinski definition) is 0. The molecule has 0 aliphatic rings. The molecule has 2 aromatic carbocycles. The highest BCUT2D eigenvalue weighted by Crippen LogP contribution is 2.27.